The van der Waals surface area contributed by atoms with Crippen molar-refractivity contribution >= 4 is 28.6 Å². The molecular weight excluding hydrogens is 314 g/mol. The molecule has 2 aromatic heterocycles. The van der Waals surface area contributed by atoms with Gasteiger partial charge in [0, 0.05) is 21.2 Å². The second kappa shape index (κ2) is 7.76. The lowest BCUT2D eigenvalue weighted by molar-refractivity contribution is 0.0655. The number of aliphatic hydroxyl groups is 1. The molecule has 22 heavy (non-hydrogen) atoms. The molecule has 0 spiro atoms. The maximum atomic E-state index is 10.5. The zero-order chi connectivity index (χ0) is 16.0. The van der Waals surface area contributed by atoms with Gasteiger partial charge in [0.15, 0.2) is 5.96 Å². The molecule has 0 bridgehead atoms. The Morgan fingerprint density at radius 3 is 2.73 bits per heavy atom. The Bertz CT molecular complexity index is 603. The quantitative estimate of drug-likeness (QED) is 0.561. The van der Waals surface area contributed by atoms with Crippen molar-refractivity contribution in [1.82, 2.24) is 10.6 Å². The Kier molecular flexibility index (Phi) is 5.99. The molecule has 120 valence electrons. The molecule has 1 unspecified atom stereocenters. The first-order valence-corrected chi connectivity index (χ1v) is 9.05. The topological polar surface area (TPSA) is 56.7 Å². The van der Waals surface area contributed by atoms with Crippen LogP contribution in [0.2, 0.25) is 0 Å². The largest absolute Gasteiger partial charge is 0.383 e. The first kappa shape index (κ1) is 17.0. The second-order valence-electron chi connectivity index (χ2n) is 5.31. The van der Waals surface area contributed by atoms with Crippen molar-refractivity contribution in [3.05, 3.63) is 44.3 Å². The lowest BCUT2D eigenvalue weighted by atomic mass is 10.1. The Morgan fingerprint density at radius 2 is 2.14 bits per heavy atom. The Morgan fingerprint density at radius 1 is 1.32 bits per heavy atom. The highest BCUT2D eigenvalue weighted by molar-refractivity contribution is 7.11. The molecular formula is C16H23N3OS2. The van der Waals surface area contributed by atoms with Crippen LogP contribution in [0.1, 0.15) is 28.5 Å². The third-order valence-corrected chi connectivity index (χ3v) is 5.29. The molecule has 0 saturated heterocycles. The van der Waals surface area contributed by atoms with E-state index >= 15 is 0 Å². The number of thiophene rings is 2. The molecule has 0 aliphatic heterocycles. The summed E-state index contributed by atoms with van der Waals surface area (Å²) >= 11 is 3.32. The summed E-state index contributed by atoms with van der Waals surface area (Å²) in [4.78, 5) is 8.06. The van der Waals surface area contributed by atoms with E-state index in [-0.39, 0.29) is 0 Å². The summed E-state index contributed by atoms with van der Waals surface area (Å²) in [6, 6.07) is 8.12. The lowest BCUT2D eigenvalue weighted by Crippen LogP contribution is -2.44. The smallest absolute Gasteiger partial charge is 0.191 e. The zero-order valence-corrected chi connectivity index (χ0v) is 14.9. The Labute approximate surface area is 139 Å². The molecule has 0 aromatic carbocycles. The lowest BCUT2D eigenvalue weighted by Gasteiger charge is -2.23. The molecule has 4 nitrogen and oxygen atoms in total. The van der Waals surface area contributed by atoms with E-state index in [4.69, 9.17) is 0 Å². The fourth-order valence-corrected chi connectivity index (χ4v) is 3.60. The van der Waals surface area contributed by atoms with Crippen molar-refractivity contribution in [3.8, 4) is 0 Å². The minimum Gasteiger partial charge on any atom is -0.383 e. The van der Waals surface area contributed by atoms with E-state index in [1.165, 1.54) is 9.75 Å². The maximum Gasteiger partial charge on any atom is 0.191 e. The van der Waals surface area contributed by atoms with Crippen molar-refractivity contribution in [3.63, 3.8) is 0 Å². The Balaban J connectivity index is 1.96. The third kappa shape index (κ3) is 4.83. The van der Waals surface area contributed by atoms with Gasteiger partial charge in [0.1, 0.15) is 5.60 Å². The molecule has 0 radical (unpaired) electrons. The molecule has 0 aliphatic rings. The number of rotatable bonds is 6. The monoisotopic (exact) mass is 337 g/mol. The van der Waals surface area contributed by atoms with Crippen LogP contribution in [0, 0.1) is 6.92 Å². The predicted molar refractivity (Wildman–Crippen MR) is 95.8 cm³/mol. The van der Waals surface area contributed by atoms with Gasteiger partial charge in [0.2, 0.25) is 0 Å². The van der Waals surface area contributed by atoms with Gasteiger partial charge in [-0.1, -0.05) is 6.07 Å². The summed E-state index contributed by atoms with van der Waals surface area (Å²) in [6.45, 7) is 7.80. The van der Waals surface area contributed by atoms with Gasteiger partial charge in [-0.25, -0.2) is 4.99 Å². The van der Waals surface area contributed by atoms with Crippen LogP contribution in [0.25, 0.3) is 0 Å². The highest BCUT2D eigenvalue weighted by Gasteiger charge is 2.24. The summed E-state index contributed by atoms with van der Waals surface area (Å²) in [5.41, 5.74) is -0.899. The van der Waals surface area contributed by atoms with Gasteiger partial charge >= 0.3 is 0 Å². The second-order valence-corrected chi connectivity index (χ2v) is 7.63. The van der Waals surface area contributed by atoms with Crippen LogP contribution in [0.5, 0.6) is 0 Å². The van der Waals surface area contributed by atoms with Crippen molar-refractivity contribution in [2.24, 2.45) is 4.99 Å². The van der Waals surface area contributed by atoms with Crippen molar-refractivity contribution < 1.29 is 5.11 Å². The van der Waals surface area contributed by atoms with Gasteiger partial charge in [-0.3, -0.25) is 0 Å². The van der Waals surface area contributed by atoms with Crippen LogP contribution in [-0.4, -0.2) is 24.2 Å². The Hall–Kier alpha value is -1.37. The summed E-state index contributed by atoms with van der Waals surface area (Å²) in [7, 11) is 0. The first-order valence-electron chi connectivity index (χ1n) is 7.35. The molecule has 0 fully saturated rings. The van der Waals surface area contributed by atoms with E-state index in [1.54, 1.807) is 22.7 Å². The fourth-order valence-electron chi connectivity index (χ4n) is 2.00. The SMILES string of the molecule is CCNC(=NCc1ccc(C)s1)NCC(C)(O)c1cccs1. The molecule has 0 aliphatic carbocycles. The molecule has 2 heterocycles. The van der Waals surface area contributed by atoms with Gasteiger partial charge in [-0.2, -0.15) is 0 Å². The minimum absolute atomic E-state index is 0.419. The van der Waals surface area contributed by atoms with Gasteiger partial charge < -0.3 is 15.7 Å². The van der Waals surface area contributed by atoms with Crippen LogP contribution < -0.4 is 10.6 Å². The van der Waals surface area contributed by atoms with E-state index < -0.39 is 5.60 Å². The maximum absolute atomic E-state index is 10.5. The number of aryl methyl sites for hydroxylation is 1. The van der Waals surface area contributed by atoms with Gasteiger partial charge in [-0.15, -0.1) is 22.7 Å². The normalized spacial score (nSPS) is 14.6. The summed E-state index contributed by atoms with van der Waals surface area (Å²) in [5, 5.41) is 19.0. The van der Waals surface area contributed by atoms with E-state index in [9.17, 15) is 5.11 Å². The van der Waals surface area contributed by atoms with Gasteiger partial charge in [0.25, 0.3) is 0 Å². The van der Waals surface area contributed by atoms with E-state index in [2.05, 4.69) is 34.7 Å². The van der Waals surface area contributed by atoms with Gasteiger partial charge in [-0.05, 0) is 44.4 Å². The summed E-state index contributed by atoms with van der Waals surface area (Å²) in [5.74, 6) is 0.727. The molecule has 2 aromatic rings. The number of nitrogens with zero attached hydrogens (tertiary/aromatic N) is 1. The number of nitrogens with one attached hydrogen (secondary N) is 2. The fraction of sp³-hybridized carbons (Fsp3) is 0.438. The number of hydrogen-bond acceptors (Lipinski definition) is 4. The molecule has 3 N–H and O–H groups in total. The van der Waals surface area contributed by atoms with Gasteiger partial charge in [0.05, 0.1) is 13.1 Å². The average molecular weight is 338 g/mol. The number of aliphatic imine (C=N–C) groups is 1. The van der Waals surface area contributed by atoms with Crippen molar-refractivity contribution in [1.29, 1.82) is 0 Å². The third-order valence-electron chi connectivity index (χ3n) is 3.19. The number of guanidine groups is 1. The molecule has 6 heteroatoms. The molecule has 0 amide bonds. The molecule has 0 saturated carbocycles. The molecule has 2 rings (SSSR count). The first-order chi connectivity index (χ1) is 10.5. The average Bonchev–Trinajstić information content (AvgIpc) is 3.13. The van der Waals surface area contributed by atoms with Crippen LogP contribution >= 0.6 is 22.7 Å². The molecule has 1 atom stereocenters. The van der Waals surface area contributed by atoms with Crippen LogP contribution in [0.15, 0.2) is 34.6 Å². The van der Waals surface area contributed by atoms with Crippen LogP contribution in [0.4, 0.5) is 0 Å². The highest BCUT2D eigenvalue weighted by Crippen LogP contribution is 2.24. The van der Waals surface area contributed by atoms with E-state index in [1.807, 2.05) is 31.4 Å². The van der Waals surface area contributed by atoms with Crippen LogP contribution in [-0.2, 0) is 12.1 Å². The number of hydrogen-bond donors (Lipinski definition) is 3. The standard InChI is InChI=1S/C16H23N3OS2/c1-4-17-15(18-10-13-8-7-12(2)22-13)19-11-16(3,20)14-6-5-9-21-14/h5-9,20H,4,10-11H2,1-3H3,(H2,17,18,19). The summed E-state index contributed by atoms with van der Waals surface area (Å²) in [6.07, 6.45) is 0. The predicted octanol–water partition coefficient (Wildman–Crippen LogP) is 3.08. The van der Waals surface area contributed by atoms with E-state index in [0.717, 1.165) is 17.4 Å². The van der Waals surface area contributed by atoms with Crippen LogP contribution in [0.3, 0.4) is 0 Å². The zero-order valence-electron chi connectivity index (χ0n) is 13.2. The highest BCUT2D eigenvalue weighted by atomic mass is 32.1. The van der Waals surface area contributed by atoms with E-state index in [0.29, 0.717) is 13.1 Å². The summed E-state index contributed by atoms with van der Waals surface area (Å²) < 4.78 is 0. The minimum atomic E-state index is -0.899. The van der Waals surface area contributed by atoms with Crippen molar-refractivity contribution in [2.45, 2.75) is 32.9 Å². The van der Waals surface area contributed by atoms with Crippen molar-refractivity contribution in [2.75, 3.05) is 13.1 Å².